The molecule has 0 saturated carbocycles. The first kappa shape index (κ1) is 18.8. The third-order valence-corrected chi connectivity index (χ3v) is 5.84. The highest BCUT2D eigenvalue weighted by atomic mass is 31.2. The van der Waals surface area contributed by atoms with Crippen LogP contribution in [-0.2, 0) is 13.7 Å². The van der Waals surface area contributed by atoms with Crippen molar-refractivity contribution in [3.05, 3.63) is 0 Å². The third kappa shape index (κ3) is 7.68. The summed E-state index contributed by atoms with van der Waals surface area (Å²) in [6, 6.07) is 0. The standard InChI is InChI=1S/C3H10O6P2.CH5O3P/c1-3(2,10(4,5)6)11(7,8)9;1-5(2,3)4/h1-2H3,(H2,4,5,6)(H2,7,8,9);1H3,(H2,2,3,4). The first-order chi connectivity index (χ1) is 6.50. The molecule has 0 fully saturated rings. The van der Waals surface area contributed by atoms with Crippen molar-refractivity contribution >= 4 is 22.8 Å². The van der Waals surface area contributed by atoms with Crippen molar-refractivity contribution in [1.82, 2.24) is 0 Å². The second kappa shape index (κ2) is 5.40. The fraction of sp³-hybridized carbons (Fsp3) is 1.00. The van der Waals surface area contributed by atoms with Crippen LogP contribution in [-0.4, -0.2) is 40.9 Å². The van der Waals surface area contributed by atoms with E-state index in [9.17, 15) is 13.7 Å². The molecule has 0 heterocycles. The molecule has 9 nitrogen and oxygen atoms in total. The summed E-state index contributed by atoms with van der Waals surface area (Å²) < 4.78 is 30.3. The smallest absolute Gasteiger partial charge is 0.325 e. The molecular weight excluding hydrogens is 285 g/mol. The SMILES string of the molecule is CC(C)(P(=O)(O)O)P(=O)(O)O.CP(=O)(O)O. The molecule has 6 N–H and O–H groups in total. The van der Waals surface area contributed by atoms with Gasteiger partial charge in [-0.25, -0.2) is 0 Å². The molecule has 0 amide bonds. The Hall–Kier alpha value is 0.450. The maximum Gasteiger partial charge on any atom is 0.343 e. The van der Waals surface area contributed by atoms with Crippen molar-refractivity contribution in [2.75, 3.05) is 6.66 Å². The van der Waals surface area contributed by atoms with E-state index in [4.69, 9.17) is 29.4 Å². The van der Waals surface area contributed by atoms with Crippen LogP contribution in [0.2, 0.25) is 0 Å². The quantitative estimate of drug-likeness (QED) is 0.380. The molecule has 0 unspecified atom stereocenters. The zero-order valence-electron chi connectivity index (χ0n) is 8.75. The van der Waals surface area contributed by atoms with Gasteiger partial charge in [-0.05, 0) is 13.8 Å². The zero-order valence-corrected chi connectivity index (χ0v) is 11.4. The van der Waals surface area contributed by atoms with Crippen molar-refractivity contribution in [2.45, 2.75) is 18.7 Å². The maximum absolute atomic E-state index is 10.5. The van der Waals surface area contributed by atoms with Gasteiger partial charge in [-0.1, -0.05) is 0 Å². The Bertz CT molecular complexity index is 323. The fourth-order valence-electron chi connectivity index (χ4n) is 0.170. The summed E-state index contributed by atoms with van der Waals surface area (Å²) in [5, 5.41) is 0. The van der Waals surface area contributed by atoms with Crippen molar-refractivity contribution in [1.29, 1.82) is 0 Å². The van der Waals surface area contributed by atoms with Gasteiger partial charge in [-0.15, -0.1) is 0 Å². The molecular formula is C4H15O9P3. The van der Waals surface area contributed by atoms with E-state index in [1.165, 1.54) is 0 Å². The predicted octanol–water partition coefficient (Wildman–Crippen LogP) is -0.128. The van der Waals surface area contributed by atoms with E-state index in [2.05, 4.69) is 0 Å². The lowest BCUT2D eigenvalue weighted by Crippen LogP contribution is -2.19. The molecule has 0 aliphatic carbocycles. The van der Waals surface area contributed by atoms with Gasteiger partial charge < -0.3 is 29.4 Å². The van der Waals surface area contributed by atoms with Crippen molar-refractivity contribution in [2.24, 2.45) is 0 Å². The van der Waals surface area contributed by atoms with E-state index in [0.29, 0.717) is 0 Å². The van der Waals surface area contributed by atoms with Crippen LogP contribution >= 0.6 is 22.8 Å². The second-order valence-corrected chi connectivity index (χ2v) is 9.85. The van der Waals surface area contributed by atoms with Crippen LogP contribution in [0.25, 0.3) is 0 Å². The molecule has 16 heavy (non-hydrogen) atoms. The monoisotopic (exact) mass is 300 g/mol. The molecule has 0 aromatic carbocycles. The molecule has 0 aromatic rings. The Kier molecular flexibility index (Phi) is 6.34. The number of rotatable bonds is 2. The average molecular weight is 300 g/mol. The van der Waals surface area contributed by atoms with Gasteiger partial charge in [0.05, 0.1) is 0 Å². The Morgan fingerprint density at radius 1 is 0.750 bits per heavy atom. The van der Waals surface area contributed by atoms with Gasteiger partial charge in [0.15, 0.2) is 4.90 Å². The van der Waals surface area contributed by atoms with Gasteiger partial charge in [-0.3, -0.25) is 13.7 Å². The lowest BCUT2D eigenvalue weighted by molar-refractivity contribution is 0.318. The fourth-order valence-corrected chi connectivity index (χ4v) is 1.53. The van der Waals surface area contributed by atoms with E-state index < -0.39 is 27.7 Å². The van der Waals surface area contributed by atoms with E-state index in [1.54, 1.807) is 0 Å². The summed E-state index contributed by atoms with van der Waals surface area (Å²) in [5.41, 5.74) is 0. The number of hydrogen-bond acceptors (Lipinski definition) is 3. The first-order valence-electron chi connectivity index (χ1n) is 3.64. The summed E-state index contributed by atoms with van der Waals surface area (Å²) in [6.07, 6.45) is 0. The minimum atomic E-state index is -4.75. The maximum atomic E-state index is 10.5. The summed E-state index contributed by atoms with van der Waals surface area (Å²) in [6.45, 7) is 2.51. The van der Waals surface area contributed by atoms with Crippen LogP contribution < -0.4 is 0 Å². The molecule has 0 bridgehead atoms. The van der Waals surface area contributed by atoms with Gasteiger partial charge in [-0.2, -0.15) is 0 Å². The summed E-state index contributed by atoms with van der Waals surface area (Å²) in [7, 11) is -13.1. The minimum Gasteiger partial charge on any atom is -0.325 e. The van der Waals surface area contributed by atoms with Crippen LogP contribution in [0, 0.1) is 0 Å². The predicted molar refractivity (Wildman–Crippen MR) is 56.1 cm³/mol. The van der Waals surface area contributed by atoms with Crippen molar-refractivity contribution < 1.29 is 43.1 Å². The van der Waals surface area contributed by atoms with Gasteiger partial charge in [0.25, 0.3) is 0 Å². The van der Waals surface area contributed by atoms with Gasteiger partial charge in [0, 0.05) is 6.66 Å². The Morgan fingerprint density at radius 3 is 0.875 bits per heavy atom. The van der Waals surface area contributed by atoms with Crippen LogP contribution in [0.4, 0.5) is 0 Å². The molecule has 0 radical (unpaired) electrons. The Labute approximate surface area is 92.0 Å². The molecule has 0 rings (SSSR count). The largest absolute Gasteiger partial charge is 0.343 e. The summed E-state index contributed by atoms with van der Waals surface area (Å²) in [4.78, 5) is 47.0. The molecule has 0 aliphatic heterocycles. The normalized spacial score (nSPS) is 14.1. The number of hydrogen-bond donors (Lipinski definition) is 6. The molecule has 0 spiro atoms. The van der Waals surface area contributed by atoms with E-state index >= 15 is 0 Å². The van der Waals surface area contributed by atoms with Crippen LogP contribution in [0.1, 0.15) is 13.8 Å². The minimum absolute atomic E-state index is 0.828. The van der Waals surface area contributed by atoms with E-state index in [0.717, 1.165) is 20.5 Å². The molecule has 0 saturated heterocycles. The Balaban J connectivity index is 0. The van der Waals surface area contributed by atoms with E-state index in [-0.39, 0.29) is 0 Å². The summed E-state index contributed by atoms with van der Waals surface area (Å²) >= 11 is 0. The topological polar surface area (TPSA) is 173 Å². The lowest BCUT2D eigenvalue weighted by atomic mass is 10.5. The van der Waals surface area contributed by atoms with Crippen LogP contribution in [0.15, 0.2) is 0 Å². The summed E-state index contributed by atoms with van der Waals surface area (Å²) in [5.74, 6) is 0. The molecule has 0 atom stereocenters. The van der Waals surface area contributed by atoms with Crippen molar-refractivity contribution in [3.63, 3.8) is 0 Å². The van der Waals surface area contributed by atoms with Crippen molar-refractivity contribution in [3.8, 4) is 0 Å². The van der Waals surface area contributed by atoms with Gasteiger partial charge in [0.1, 0.15) is 0 Å². The highest BCUT2D eigenvalue weighted by molar-refractivity contribution is 7.72. The third-order valence-electron chi connectivity index (χ3n) is 1.43. The zero-order chi connectivity index (χ0) is 14.0. The van der Waals surface area contributed by atoms with Crippen LogP contribution in [0.5, 0.6) is 0 Å². The molecule has 0 aliphatic rings. The molecule has 12 heteroatoms. The molecule has 0 aromatic heterocycles. The second-order valence-electron chi connectivity index (χ2n) is 3.42. The van der Waals surface area contributed by atoms with E-state index in [1.807, 2.05) is 0 Å². The van der Waals surface area contributed by atoms with Crippen LogP contribution in [0.3, 0.4) is 0 Å². The average Bonchev–Trinajstić information content (AvgIpc) is 1.76. The molecule has 100 valence electrons. The van der Waals surface area contributed by atoms with Gasteiger partial charge in [0.2, 0.25) is 0 Å². The highest BCUT2D eigenvalue weighted by Crippen LogP contribution is 2.68. The Morgan fingerprint density at radius 2 is 0.875 bits per heavy atom. The highest BCUT2D eigenvalue weighted by Gasteiger charge is 2.52. The first-order valence-corrected chi connectivity index (χ1v) is 8.93. The lowest BCUT2D eigenvalue weighted by Gasteiger charge is -2.25. The van der Waals surface area contributed by atoms with Gasteiger partial charge >= 0.3 is 22.8 Å².